The van der Waals surface area contributed by atoms with Crippen LogP contribution in [0.3, 0.4) is 0 Å². The third-order valence-electron chi connectivity index (χ3n) is 4.91. The van der Waals surface area contributed by atoms with Crippen LogP contribution < -0.4 is 0 Å². The zero-order valence-corrected chi connectivity index (χ0v) is 19.1. The molecule has 1 aromatic heterocycles. The van der Waals surface area contributed by atoms with Crippen molar-refractivity contribution in [1.29, 1.82) is 0 Å². The van der Waals surface area contributed by atoms with Gasteiger partial charge in [-0.2, -0.15) is 39.5 Å². The van der Waals surface area contributed by atoms with Gasteiger partial charge in [-0.15, -0.1) is 0 Å². The van der Waals surface area contributed by atoms with E-state index in [1.807, 2.05) is 0 Å². The number of alkyl halides is 9. The molecule has 1 heterocycles. The smallest absolute Gasteiger partial charge is 0.460 e. The molecule has 3 nitrogen and oxygen atoms in total. The van der Waals surface area contributed by atoms with Gasteiger partial charge >= 0.3 is 23.3 Å². The molecule has 0 saturated heterocycles. The fourth-order valence-corrected chi connectivity index (χ4v) is 6.02. The van der Waals surface area contributed by atoms with E-state index in [1.54, 1.807) is 0 Å². The Morgan fingerprint density at radius 1 is 0.583 bits per heavy atom. The Morgan fingerprint density at radius 3 is 1.36 bits per heavy atom. The van der Waals surface area contributed by atoms with Crippen LogP contribution in [0.5, 0.6) is 0 Å². The van der Waals surface area contributed by atoms with Gasteiger partial charge in [-0.3, -0.25) is 0 Å². The standard InChI is InChI=1S/C18H13S.C4HF9O3S/c1-2-8-14(9-3-1)19-17-12-6-4-10-15(17)16-11-5-7-13-18(16)19;5-1(6,3(9,10)11)2(7,8)4(12,13)17(14,15)16/h1-13H;(H,14,15,16)/q+1;/p-1. The first-order valence-corrected chi connectivity index (χ1v) is 12.2. The van der Waals surface area contributed by atoms with Crippen LogP contribution in [0.4, 0.5) is 39.5 Å². The summed E-state index contributed by atoms with van der Waals surface area (Å²) in [6.45, 7) is 0. The van der Waals surface area contributed by atoms with E-state index in [2.05, 4.69) is 78.9 Å². The van der Waals surface area contributed by atoms with Gasteiger partial charge in [0.15, 0.2) is 24.4 Å². The average molecular weight is 560 g/mol. The van der Waals surface area contributed by atoms with Crippen molar-refractivity contribution in [3.63, 3.8) is 0 Å². The van der Waals surface area contributed by atoms with Gasteiger partial charge < -0.3 is 4.55 Å². The van der Waals surface area contributed by atoms with Crippen molar-refractivity contribution in [2.45, 2.75) is 23.3 Å². The van der Waals surface area contributed by atoms with Crippen molar-refractivity contribution >= 4 is 40.8 Å². The zero-order chi connectivity index (χ0) is 27.2. The highest BCUT2D eigenvalue weighted by Gasteiger charge is 2.83. The third kappa shape index (κ3) is 4.52. The second-order valence-electron chi connectivity index (χ2n) is 7.23. The molecule has 0 unspecified atom stereocenters. The number of halogens is 9. The van der Waals surface area contributed by atoms with E-state index in [-0.39, 0.29) is 10.5 Å². The lowest BCUT2D eigenvalue weighted by Crippen LogP contribution is -2.63. The molecule has 0 saturated carbocycles. The Hall–Kier alpha value is -2.84. The molecule has 0 aliphatic heterocycles. The lowest BCUT2D eigenvalue weighted by Gasteiger charge is -2.34. The monoisotopic (exact) mass is 560 g/mol. The van der Waals surface area contributed by atoms with Gasteiger partial charge in [0, 0.05) is 21.2 Å². The van der Waals surface area contributed by atoms with Crippen LogP contribution in [0.25, 0.3) is 25.1 Å². The molecule has 14 heteroatoms. The van der Waals surface area contributed by atoms with Crippen LogP contribution >= 0.6 is 10.5 Å². The van der Waals surface area contributed by atoms with Gasteiger partial charge in [-0.1, -0.05) is 42.5 Å². The molecule has 0 aliphatic rings. The summed E-state index contributed by atoms with van der Waals surface area (Å²) in [5.74, 6) is -14.8. The highest BCUT2D eigenvalue weighted by atomic mass is 32.2. The molecule has 4 rings (SSSR count). The summed E-state index contributed by atoms with van der Waals surface area (Å²) in [6.07, 6.45) is -7.16. The number of fused-ring (bicyclic) bond motifs is 3. The number of hydrogen-bond donors (Lipinski definition) is 0. The van der Waals surface area contributed by atoms with Crippen molar-refractivity contribution in [1.82, 2.24) is 0 Å². The quantitative estimate of drug-likeness (QED) is 0.146. The second-order valence-corrected chi connectivity index (χ2v) is 10.6. The summed E-state index contributed by atoms with van der Waals surface area (Å²) >= 11 is 0. The summed E-state index contributed by atoms with van der Waals surface area (Å²) in [5.41, 5.74) is 0. The maximum atomic E-state index is 12.2. The molecule has 4 aromatic rings. The number of thiophene rings is 1. The molecule has 0 radical (unpaired) electrons. The molecule has 0 N–H and O–H groups in total. The van der Waals surface area contributed by atoms with Crippen molar-refractivity contribution in [2.24, 2.45) is 0 Å². The summed E-state index contributed by atoms with van der Waals surface area (Å²) in [6, 6.07) is 28.4. The fourth-order valence-electron chi connectivity index (χ4n) is 3.18. The fraction of sp³-hybridized carbons (Fsp3) is 0.182. The summed E-state index contributed by atoms with van der Waals surface area (Å²) in [4.78, 5) is 1.40. The first kappa shape index (κ1) is 27.7. The van der Waals surface area contributed by atoms with Gasteiger partial charge in [0.05, 0.1) is 0 Å². The molecule has 0 atom stereocenters. The predicted molar refractivity (Wildman–Crippen MR) is 116 cm³/mol. The number of rotatable bonds is 4. The van der Waals surface area contributed by atoms with Gasteiger partial charge in [0.1, 0.15) is 0 Å². The van der Waals surface area contributed by atoms with E-state index in [1.165, 1.54) is 25.1 Å². The molecule has 0 amide bonds. The summed E-state index contributed by atoms with van der Waals surface area (Å²) in [5, 5.41) is -4.32. The van der Waals surface area contributed by atoms with Gasteiger partial charge in [-0.05, 0) is 36.4 Å². The lowest BCUT2D eigenvalue weighted by atomic mass is 10.1. The Morgan fingerprint density at radius 2 is 0.972 bits per heavy atom. The van der Waals surface area contributed by atoms with Crippen LogP contribution in [0.1, 0.15) is 0 Å². The van der Waals surface area contributed by atoms with Crippen molar-refractivity contribution in [3.8, 4) is 4.90 Å². The largest absolute Gasteiger partial charge is 0.743 e. The molecule has 0 bridgehead atoms. The van der Waals surface area contributed by atoms with Crippen LogP contribution in [0.15, 0.2) is 78.9 Å². The van der Waals surface area contributed by atoms with Crippen molar-refractivity contribution < 1.29 is 52.5 Å². The third-order valence-corrected chi connectivity index (χ3v) is 8.13. The van der Waals surface area contributed by atoms with E-state index < -0.39 is 33.4 Å². The topological polar surface area (TPSA) is 57.2 Å². The highest BCUT2D eigenvalue weighted by molar-refractivity contribution is 7.86. The minimum absolute atomic E-state index is 0.0594. The zero-order valence-electron chi connectivity index (χ0n) is 17.4. The molecule has 0 fully saturated rings. The second kappa shape index (κ2) is 9.23. The van der Waals surface area contributed by atoms with E-state index in [0.29, 0.717) is 0 Å². The summed E-state index contributed by atoms with van der Waals surface area (Å²) in [7, 11) is -7.36. The van der Waals surface area contributed by atoms with E-state index in [0.717, 1.165) is 0 Å². The van der Waals surface area contributed by atoms with Gasteiger partial charge in [0.25, 0.3) is 0 Å². The number of hydrogen-bond acceptors (Lipinski definition) is 3. The van der Waals surface area contributed by atoms with Gasteiger partial charge in [-0.25, -0.2) is 8.42 Å². The maximum absolute atomic E-state index is 12.2. The highest BCUT2D eigenvalue weighted by Crippen LogP contribution is 2.54. The molecule has 36 heavy (non-hydrogen) atoms. The minimum Gasteiger partial charge on any atom is -0.743 e. The minimum atomic E-state index is -7.43. The Kier molecular flexibility index (Phi) is 7.11. The number of benzene rings is 3. The van der Waals surface area contributed by atoms with Crippen molar-refractivity contribution in [3.05, 3.63) is 78.9 Å². The SMILES string of the molecule is O=S(=O)([O-])C(F)(F)C(F)(F)C(F)(F)C(F)(F)F.c1ccc(-[s+]2c3ccccc3c3ccccc32)cc1. The van der Waals surface area contributed by atoms with Crippen LogP contribution in [-0.2, 0) is 10.1 Å². The van der Waals surface area contributed by atoms with E-state index >= 15 is 0 Å². The van der Waals surface area contributed by atoms with Gasteiger partial charge in [0.2, 0.25) is 0 Å². The van der Waals surface area contributed by atoms with Crippen molar-refractivity contribution in [2.75, 3.05) is 0 Å². The molecule has 0 spiro atoms. The molecular weight excluding hydrogens is 547 g/mol. The Bertz CT molecular complexity index is 1430. The van der Waals surface area contributed by atoms with Crippen LogP contribution in [-0.4, -0.2) is 36.2 Å². The van der Waals surface area contributed by atoms with Crippen LogP contribution in [0, 0.1) is 0 Å². The Balaban J connectivity index is 0.000000203. The van der Waals surface area contributed by atoms with E-state index in [9.17, 15) is 52.5 Å². The molecule has 194 valence electrons. The van der Waals surface area contributed by atoms with E-state index in [4.69, 9.17) is 0 Å². The maximum Gasteiger partial charge on any atom is 0.460 e. The molecule has 0 aliphatic carbocycles. The Labute approximate surface area is 200 Å². The first-order chi connectivity index (χ1) is 16.4. The first-order valence-electron chi connectivity index (χ1n) is 9.58. The normalized spacial score (nSPS) is 13.5. The van der Waals surface area contributed by atoms with Crippen LogP contribution in [0.2, 0.25) is 0 Å². The summed E-state index contributed by atoms with van der Waals surface area (Å²) < 4.78 is 138. The lowest BCUT2D eigenvalue weighted by molar-refractivity contribution is -0.382. The predicted octanol–water partition coefficient (Wildman–Crippen LogP) is 7.69. The molecular formula is C22H13F9O3S2. The average Bonchev–Trinajstić information content (AvgIpc) is 3.13. The molecule has 3 aromatic carbocycles.